The van der Waals surface area contributed by atoms with E-state index in [-0.39, 0.29) is 0 Å². The fourth-order valence-corrected chi connectivity index (χ4v) is 5.02. The summed E-state index contributed by atoms with van der Waals surface area (Å²) in [6, 6.07) is 8.68. The molecule has 0 spiro atoms. The lowest BCUT2D eigenvalue weighted by Gasteiger charge is -2.37. The zero-order chi connectivity index (χ0) is 15.8. The van der Waals surface area contributed by atoms with Crippen LogP contribution in [0, 0.1) is 24.7 Å². The summed E-state index contributed by atoms with van der Waals surface area (Å²) in [4.78, 5) is 17.2. The topological polar surface area (TPSA) is 23.6 Å². The number of carbonyl (C=O) groups excluding carboxylic acids is 1. The van der Waals surface area contributed by atoms with E-state index < -0.39 is 0 Å². The number of aryl methyl sites for hydroxylation is 1. The summed E-state index contributed by atoms with van der Waals surface area (Å²) >= 11 is 0. The first kappa shape index (κ1) is 15.0. The predicted octanol–water partition coefficient (Wildman–Crippen LogP) is 3.47. The molecule has 2 bridgehead atoms. The molecule has 3 heteroatoms. The van der Waals surface area contributed by atoms with Crippen molar-refractivity contribution in [2.24, 2.45) is 17.8 Å². The van der Waals surface area contributed by atoms with Gasteiger partial charge in [0.2, 0.25) is 5.91 Å². The van der Waals surface area contributed by atoms with Gasteiger partial charge in [-0.1, -0.05) is 18.6 Å². The van der Waals surface area contributed by atoms with Crippen molar-refractivity contribution in [1.29, 1.82) is 0 Å². The molecule has 124 valence electrons. The van der Waals surface area contributed by atoms with Crippen LogP contribution in [-0.2, 0) is 4.79 Å². The third-order valence-corrected chi connectivity index (χ3v) is 6.32. The molecule has 0 aromatic heterocycles. The minimum absolute atomic E-state index is 0.409. The van der Waals surface area contributed by atoms with Gasteiger partial charge in [-0.2, -0.15) is 0 Å². The van der Waals surface area contributed by atoms with E-state index in [0.717, 1.165) is 44.4 Å². The second-order valence-corrected chi connectivity index (χ2v) is 7.85. The minimum atomic E-state index is 0.409. The van der Waals surface area contributed by atoms with Gasteiger partial charge in [0.25, 0.3) is 0 Å². The number of hydrogen-bond donors (Lipinski definition) is 0. The molecule has 0 N–H and O–H groups in total. The SMILES string of the molecule is Cc1cccc(N2CCN(C(=O)CC3CC4CCC3C4)CC2)c1. The van der Waals surface area contributed by atoms with Crippen LogP contribution in [0.1, 0.15) is 37.7 Å². The van der Waals surface area contributed by atoms with E-state index in [2.05, 4.69) is 41.0 Å². The Labute approximate surface area is 139 Å². The molecule has 3 nitrogen and oxygen atoms in total. The van der Waals surface area contributed by atoms with Gasteiger partial charge >= 0.3 is 0 Å². The fourth-order valence-electron chi connectivity index (χ4n) is 5.02. The number of fused-ring (bicyclic) bond motifs is 2. The lowest BCUT2D eigenvalue weighted by atomic mass is 9.86. The standard InChI is InChI=1S/C20H28N2O/c1-15-3-2-4-19(11-15)21-7-9-22(10-8-21)20(23)14-18-13-16-5-6-17(18)12-16/h2-4,11,16-18H,5-10,12-14H2,1H3. The van der Waals surface area contributed by atoms with Gasteiger partial charge < -0.3 is 9.80 Å². The molecular weight excluding hydrogens is 284 g/mol. The predicted molar refractivity (Wildman–Crippen MR) is 93.5 cm³/mol. The molecular formula is C20H28N2O. The lowest BCUT2D eigenvalue weighted by Crippen LogP contribution is -2.49. The van der Waals surface area contributed by atoms with Crippen molar-refractivity contribution in [2.45, 2.75) is 39.0 Å². The molecule has 2 saturated carbocycles. The van der Waals surface area contributed by atoms with Gasteiger partial charge in [0.1, 0.15) is 0 Å². The highest BCUT2D eigenvalue weighted by Gasteiger charge is 2.40. The molecule has 23 heavy (non-hydrogen) atoms. The number of benzene rings is 1. The minimum Gasteiger partial charge on any atom is -0.368 e. The van der Waals surface area contributed by atoms with Gasteiger partial charge in [-0.25, -0.2) is 0 Å². The van der Waals surface area contributed by atoms with Gasteiger partial charge in [0.15, 0.2) is 0 Å². The molecule has 4 rings (SSSR count). The quantitative estimate of drug-likeness (QED) is 0.853. The number of rotatable bonds is 3. The van der Waals surface area contributed by atoms with Crippen LogP contribution in [0.4, 0.5) is 5.69 Å². The Morgan fingerprint density at radius 3 is 2.61 bits per heavy atom. The molecule has 0 radical (unpaired) electrons. The van der Waals surface area contributed by atoms with Crippen LogP contribution in [0.3, 0.4) is 0 Å². The molecule has 3 fully saturated rings. The first-order valence-corrected chi connectivity index (χ1v) is 9.28. The van der Waals surface area contributed by atoms with Crippen molar-refractivity contribution in [3.8, 4) is 0 Å². The fraction of sp³-hybridized carbons (Fsp3) is 0.650. The van der Waals surface area contributed by atoms with Gasteiger partial charge in [-0.05, 0) is 61.6 Å². The molecule has 3 unspecified atom stereocenters. The molecule has 1 aromatic rings. The maximum Gasteiger partial charge on any atom is 0.222 e. The second kappa shape index (κ2) is 6.18. The van der Waals surface area contributed by atoms with E-state index in [4.69, 9.17) is 0 Å². The molecule has 3 aliphatic rings. The van der Waals surface area contributed by atoms with Gasteiger partial charge in [-0.3, -0.25) is 4.79 Å². The second-order valence-electron chi connectivity index (χ2n) is 7.85. The molecule has 1 aliphatic heterocycles. The molecule has 3 atom stereocenters. The van der Waals surface area contributed by atoms with Gasteiger partial charge in [0, 0.05) is 38.3 Å². The summed E-state index contributed by atoms with van der Waals surface area (Å²) in [6.07, 6.45) is 6.33. The summed E-state index contributed by atoms with van der Waals surface area (Å²) in [7, 11) is 0. The third kappa shape index (κ3) is 3.11. The molecule has 1 amide bonds. The van der Waals surface area contributed by atoms with E-state index >= 15 is 0 Å². The first-order chi connectivity index (χ1) is 11.2. The number of anilines is 1. The van der Waals surface area contributed by atoms with Crippen LogP contribution in [0.25, 0.3) is 0 Å². The van der Waals surface area contributed by atoms with Crippen molar-refractivity contribution >= 4 is 11.6 Å². The maximum absolute atomic E-state index is 12.6. The highest BCUT2D eigenvalue weighted by Crippen LogP contribution is 2.49. The molecule has 1 heterocycles. The molecule has 1 aromatic carbocycles. The van der Waals surface area contributed by atoms with Crippen molar-refractivity contribution in [3.05, 3.63) is 29.8 Å². The Kier molecular flexibility index (Phi) is 4.04. The number of carbonyl (C=O) groups is 1. The van der Waals surface area contributed by atoms with E-state index in [1.807, 2.05) is 0 Å². The lowest BCUT2D eigenvalue weighted by molar-refractivity contribution is -0.132. The Hall–Kier alpha value is -1.51. The Morgan fingerprint density at radius 2 is 1.96 bits per heavy atom. The maximum atomic E-state index is 12.6. The smallest absolute Gasteiger partial charge is 0.222 e. The zero-order valence-corrected chi connectivity index (χ0v) is 14.2. The van der Waals surface area contributed by atoms with E-state index in [0.29, 0.717) is 11.8 Å². The number of piperazine rings is 1. The van der Waals surface area contributed by atoms with E-state index in [1.54, 1.807) is 0 Å². The largest absolute Gasteiger partial charge is 0.368 e. The monoisotopic (exact) mass is 312 g/mol. The molecule has 1 saturated heterocycles. The summed E-state index contributed by atoms with van der Waals surface area (Å²) in [5.41, 5.74) is 2.60. The number of amides is 1. The summed E-state index contributed by atoms with van der Waals surface area (Å²) in [5, 5.41) is 0. The zero-order valence-electron chi connectivity index (χ0n) is 14.2. The Bertz CT molecular complexity index is 577. The Morgan fingerprint density at radius 1 is 1.13 bits per heavy atom. The van der Waals surface area contributed by atoms with Crippen LogP contribution < -0.4 is 4.90 Å². The van der Waals surface area contributed by atoms with E-state index in [1.165, 1.54) is 36.9 Å². The van der Waals surface area contributed by atoms with Crippen LogP contribution in [0.2, 0.25) is 0 Å². The highest BCUT2D eigenvalue weighted by molar-refractivity contribution is 5.77. The summed E-state index contributed by atoms with van der Waals surface area (Å²) in [6.45, 7) is 5.83. The van der Waals surface area contributed by atoms with E-state index in [9.17, 15) is 4.79 Å². The summed E-state index contributed by atoms with van der Waals surface area (Å²) < 4.78 is 0. The average Bonchev–Trinajstić information content (AvgIpc) is 3.18. The van der Waals surface area contributed by atoms with Crippen LogP contribution in [0.15, 0.2) is 24.3 Å². The first-order valence-electron chi connectivity index (χ1n) is 9.28. The van der Waals surface area contributed by atoms with Crippen LogP contribution >= 0.6 is 0 Å². The number of hydrogen-bond acceptors (Lipinski definition) is 2. The van der Waals surface area contributed by atoms with Crippen LogP contribution in [-0.4, -0.2) is 37.0 Å². The Balaban J connectivity index is 1.30. The van der Waals surface area contributed by atoms with Gasteiger partial charge in [0.05, 0.1) is 0 Å². The van der Waals surface area contributed by atoms with Crippen molar-refractivity contribution < 1.29 is 4.79 Å². The van der Waals surface area contributed by atoms with Gasteiger partial charge in [-0.15, -0.1) is 0 Å². The average molecular weight is 312 g/mol. The molecule has 2 aliphatic carbocycles. The summed E-state index contributed by atoms with van der Waals surface area (Å²) in [5.74, 6) is 2.90. The van der Waals surface area contributed by atoms with Crippen molar-refractivity contribution in [1.82, 2.24) is 4.90 Å². The third-order valence-electron chi connectivity index (χ3n) is 6.32. The van der Waals surface area contributed by atoms with Crippen molar-refractivity contribution in [3.63, 3.8) is 0 Å². The number of nitrogens with zero attached hydrogens (tertiary/aromatic N) is 2. The van der Waals surface area contributed by atoms with Crippen molar-refractivity contribution in [2.75, 3.05) is 31.1 Å². The van der Waals surface area contributed by atoms with Crippen LogP contribution in [0.5, 0.6) is 0 Å². The normalized spacial score (nSPS) is 30.0. The highest BCUT2D eigenvalue weighted by atomic mass is 16.2.